The summed E-state index contributed by atoms with van der Waals surface area (Å²) in [6, 6.07) is 7.34. The van der Waals surface area contributed by atoms with E-state index >= 15 is 0 Å². The number of aryl methyl sites for hydroxylation is 3. The molecule has 3 aromatic rings. The van der Waals surface area contributed by atoms with Gasteiger partial charge in [0.2, 0.25) is 12.3 Å². The fourth-order valence-corrected chi connectivity index (χ4v) is 2.27. The first kappa shape index (κ1) is 15.8. The summed E-state index contributed by atoms with van der Waals surface area (Å²) in [5, 5.41) is 18.6. The summed E-state index contributed by atoms with van der Waals surface area (Å²) in [5.74, 6) is 0.184. The van der Waals surface area contributed by atoms with Gasteiger partial charge in [-0.3, -0.25) is 4.79 Å². The summed E-state index contributed by atoms with van der Waals surface area (Å²) in [6.07, 6.45) is 1.99. The second kappa shape index (κ2) is 6.57. The third kappa shape index (κ3) is 3.15. The Kier molecular flexibility index (Phi) is 4.33. The smallest absolute Gasteiger partial charge is 0.257 e. The van der Waals surface area contributed by atoms with Crippen molar-refractivity contribution in [3.05, 3.63) is 53.2 Å². The third-order valence-corrected chi connectivity index (χ3v) is 3.73. The predicted molar refractivity (Wildman–Crippen MR) is 88.6 cm³/mol. The maximum Gasteiger partial charge on any atom is 0.257 e. The Balaban J connectivity index is 1.91. The van der Waals surface area contributed by atoms with Crippen LogP contribution in [0.25, 0.3) is 11.5 Å². The van der Waals surface area contributed by atoms with E-state index in [0.717, 1.165) is 23.2 Å². The summed E-state index contributed by atoms with van der Waals surface area (Å²) in [5.41, 5.74) is 4.25. The van der Waals surface area contributed by atoms with Gasteiger partial charge in [-0.1, -0.05) is 13.0 Å². The summed E-state index contributed by atoms with van der Waals surface area (Å²) < 4.78 is 5.20. The highest BCUT2D eigenvalue weighted by Crippen LogP contribution is 2.24. The molecule has 0 radical (unpaired) electrons. The molecule has 0 saturated heterocycles. The number of nitrogens with zero attached hydrogens (tertiary/aromatic N) is 4. The minimum Gasteiger partial charge on any atom is -0.423 e. The average molecular weight is 323 g/mol. The van der Waals surface area contributed by atoms with E-state index in [2.05, 4.69) is 25.7 Å². The molecule has 24 heavy (non-hydrogen) atoms. The first-order chi connectivity index (χ1) is 11.6. The van der Waals surface area contributed by atoms with Gasteiger partial charge in [0.15, 0.2) is 0 Å². The monoisotopic (exact) mass is 323 g/mol. The van der Waals surface area contributed by atoms with Gasteiger partial charge in [-0.05, 0) is 44.0 Å². The molecule has 1 aromatic carbocycles. The molecule has 0 fully saturated rings. The van der Waals surface area contributed by atoms with Crippen LogP contribution in [0.4, 0.5) is 5.69 Å². The number of hydrogen-bond acceptors (Lipinski definition) is 6. The summed E-state index contributed by atoms with van der Waals surface area (Å²) in [6.45, 7) is 5.66. The molecule has 0 spiro atoms. The summed E-state index contributed by atoms with van der Waals surface area (Å²) >= 11 is 0. The molecule has 0 atom stereocenters. The molecule has 0 saturated carbocycles. The number of hydrogen-bond donors (Lipinski definition) is 1. The quantitative estimate of drug-likeness (QED) is 0.793. The van der Waals surface area contributed by atoms with Crippen LogP contribution in [-0.4, -0.2) is 26.3 Å². The maximum atomic E-state index is 12.6. The Hall–Kier alpha value is -3.09. The van der Waals surface area contributed by atoms with Crippen LogP contribution in [0.3, 0.4) is 0 Å². The lowest BCUT2D eigenvalue weighted by Crippen LogP contribution is -2.16. The number of amides is 1. The Morgan fingerprint density at radius 3 is 2.71 bits per heavy atom. The van der Waals surface area contributed by atoms with E-state index in [1.165, 1.54) is 6.39 Å². The molecule has 0 aliphatic rings. The minimum atomic E-state index is -0.220. The van der Waals surface area contributed by atoms with Crippen molar-refractivity contribution in [1.82, 2.24) is 20.4 Å². The first-order valence-corrected chi connectivity index (χ1v) is 7.60. The topological polar surface area (TPSA) is 93.8 Å². The van der Waals surface area contributed by atoms with E-state index in [4.69, 9.17) is 4.42 Å². The molecule has 2 aromatic heterocycles. The normalized spacial score (nSPS) is 10.6. The molecule has 7 nitrogen and oxygen atoms in total. The highest BCUT2D eigenvalue weighted by Gasteiger charge is 2.14. The zero-order chi connectivity index (χ0) is 17.1. The predicted octanol–water partition coefficient (Wildman–Crippen LogP) is 2.96. The largest absolute Gasteiger partial charge is 0.423 e. The van der Waals surface area contributed by atoms with Crippen LogP contribution in [0, 0.1) is 13.8 Å². The van der Waals surface area contributed by atoms with Gasteiger partial charge < -0.3 is 9.73 Å². The van der Waals surface area contributed by atoms with Crippen LogP contribution in [-0.2, 0) is 6.42 Å². The van der Waals surface area contributed by atoms with Crippen molar-refractivity contribution in [2.45, 2.75) is 27.2 Å². The lowest BCUT2D eigenvalue weighted by Gasteiger charge is -2.11. The number of benzene rings is 1. The van der Waals surface area contributed by atoms with E-state index in [9.17, 15) is 4.79 Å². The second-order valence-corrected chi connectivity index (χ2v) is 5.42. The number of carbonyl (C=O) groups is 1. The molecule has 0 aliphatic heterocycles. The maximum absolute atomic E-state index is 12.6. The Labute approximate surface area is 139 Å². The van der Waals surface area contributed by atoms with Crippen molar-refractivity contribution >= 4 is 11.6 Å². The SMILES string of the molecule is CCc1cc(C(=O)Nc2cc(-c3nnco3)ccc2C)c(C)nn1. The van der Waals surface area contributed by atoms with E-state index in [1.54, 1.807) is 13.0 Å². The van der Waals surface area contributed by atoms with E-state index in [-0.39, 0.29) is 5.91 Å². The molecule has 0 aliphatic carbocycles. The summed E-state index contributed by atoms with van der Waals surface area (Å²) in [4.78, 5) is 12.6. The Morgan fingerprint density at radius 2 is 2.00 bits per heavy atom. The third-order valence-electron chi connectivity index (χ3n) is 3.73. The first-order valence-electron chi connectivity index (χ1n) is 7.60. The van der Waals surface area contributed by atoms with Crippen molar-refractivity contribution in [3.8, 4) is 11.5 Å². The zero-order valence-electron chi connectivity index (χ0n) is 13.7. The standard InChI is InChI=1S/C17H17N5O2/c1-4-13-8-14(11(3)20-21-13)16(23)19-15-7-12(6-5-10(15)2)17-22-18-9-24-17/h5-9H,4H2,1-3H3,(H,19,23). The van der Waals surface area contributed by atoms with E-state index < -0.39 is 0 Å². The van der Waals surface area contributed by atoms with Gasteiger partial charge in [-0.2, -0.15) is 10.2 Å². The average Bonchev–Trinajstić information content (AvgIpc) is 3.11. The van der Waals surface area contributed by atoms with Crippen molar-refractivity contribution in [1.29, 1.82) is 0 Å². The molecular formula is C17H17N5O2. The minimum absolute atomic E-state index is 0.220. The van der Waals surface area contributed by atoms with Crippen LogP contribution in [0.15, 0.2) is 35.1 Å². The molecule has 122 valence electrons. The lowest BCUT2D eigenvalue weighted by atomic mass is 10.1. The van der Waals surface area contributed by atoms with Crippen LogP contribution < -0.4 is 5.32 Å². The van der Waals surface area contributed by atoms with Gasteiger partial charge in [0.25, 0.3) is 5.91 Å². The second-order valence-electron chi connectivity index (χ2n) is 5.42. The van der Waals surface area contributed by atoms with Crippen molar-refractivity contribution in [3.63, 3.8) is 0 Å². The van der Waals surface area contributed by atoms with Gasteiger partial charge in [-0.25, -0.2) is 0 Å². The molecule has 2 heterocycles. The van der Waals surface area contributed by atoms with Crippen molar-refractivity contribution in [2.24, 2.45) is 0 Å². The van der Waals surface area contributed by atoms with Crippen LogP contribution in [0.2, 0.25) is 0 Å². The number of nitrogens with one attached hydrogen (secondary N) is 1. The summed E-state index contributed by atoms with van der Waals surface area (Å²) in [7, 11) is 0. The zero-order valence-corrected chi connectivity index (χ0v) is 13.7. The Morgan fingerprint density at radius 1 is 1.17 bits per heavy atom. The van der Waals surface area contributed by atoms with Gasteiger partial charge in [-0.15, -0.1) is 10.2 Å². The number of anilines is 1. The van der Waals surface area contributed by atoms with E-state index in [1.807, 2.05) is 32.0 Å². The van der Waals surface area contributed by atoms with Gasteiger partial charge in [0, 0.05) is 11.3 Å². The van der Waals surface area contributed by atoms with Crippen molar-refractivity contribution in [2.75, 3.05) is 5.32 Å². The van der Waals surface area contributed by atoms with Gasteiger partial charge in [0.05, 0.1) is 17.0 Å². The fraction of sp³-hybridized carbons (Fsp3) is 0.235. The molecule has 1 amide bonds. The van der Waals surface area contributed by atoms with E-state index in [0.29, 0.717) is 22.8 Å². The molecule has 0 unspecified atom stereocenters. The molecular weight excluding hydrogens is 306 g/mol. The van der Waals surface area contributed by atoms with Gasteiger partial charge >= 0.3 is 0 Å². The molecule has 3 rings (SSSR count). The molecule has 0 bridgehead atoms. The number of aromatic nitrogens is 4. The highest BCUT2D eigenvalue weighted by molar-refractivity contribution is 6.05. The van der Waals surface area contributed by atoms with Crippen LogP contribution >= 0.6 is 0 Å². The number of carbonyl (C=O) groups excluding carboxylic acids is 1. The van der Waals surface area contributed by atoms with Crippen molar-refractivity contribution < 1.29 is 9.21 Å². The van der Waals surface area contributed by atoms with Crippen LogP contribution in [0.5, 0.6) is 0 Å². The fourth-order valence-electron chi connectivity index (χ4n) is 2.27. The molecule has 7 heteroatoms. The van der Waals surface area contributed by atoms with Crippen LogP contribution in [0.1, 0.15) is 34.2 Å². The van der Waals surface area contributed by atoms with Gasteiger partial charge in [0.1, 0.15) is 0 Å². The Bertz CT molecular complexity index is 875. The lowest BCUT2D eigenvalue weighted by molar-refractivity contribution is 0.102. The molecule has 1 N–H and O–H groups in total. The highest BCUT2D eigenvalue weighted by atomic mass is 16.4. The number of rotatable bonds is 4.